The van der Waals surface area contributed by atoms with Crippen LogP contribution in [0, 0.1) is 0 Å². The third-order valence-corrected chi connectivity index (χ3v) is 5.62. The first-order chi connectivity index (χ1) is 13.5. The van der Waals surface area contributed by atoms with Crippen molar-refractivity contribution < 1.29 is 14.6 Å². The van der Waals surface area contributed by atoms with Crippen molar-refractivity contribution in [3.63, 3.8) is 0 Å². The molecule has 1 aliphatic heterocycles. The topological polar surface area (TPSA) is 80.5 Å². The Balaban J connectivity index is 1.76. The van der Waals surface area contributed by atoms with E-state index in [2.05, 4.69) is 9.88 Å². The highest BCUT2D eigenvalue weighted by Gasteiger charge is 2.27. The van der Waals surface area contributed by atoms with E-state index >= 15 is 0 Å². The fourth-order valence-electron chi connectivity index (χ4n) is 3.56. The van der Waals surface area contributed by atoms with Crippen LogP contribution in [0.2, 0.25) is 10.0 Å². The Bertz CT molecular complexity index is 1010. The van der Waals surface area contributed by atoms with Crippen molar-refractivity contribution in [3.05, 3.63) is 47.0 Å². The van der Waals surface area contributed by atoms with E-state index in [1.165, 1.54) is 0 Å². The molecule has 2 aromatic heterocycles. The molecule has 0 saturated carbocycles. The molecule has 0 spiro atoms. The average Bonchev–Trinajstić information content (AvgIpc) is 3.36. The molecule has 0 aliphatic carbocycles. The van der Waals surface area contributed by atoms with Gasteiger partial charge in [-0.15, -0.1) is 0 Å². The molecule has 1 aromatic carbocycles. The van der Waals surface area contributed by atoms with Gasteiger partial charge in [0.05, 0.1) is 40.2 Å². The number of anilines is 1. The predicted octanol–water partition coefficient (Wildman–Crippen LogP) is 3.80. The van der Waals surface area contributed by atoms with E-state index in [0.717, 1.165) is 36.3 Å². The van der Waals surface area contributed by atoms with Gasteiger partial charge in [0.1, 0.15) is 12.4 Å². The monoisotopic (exact) mass is 420 g/mol. The average molecular weight is 421 g/mol. The van der Waals surface area contributed by atoms with Crippen LogP contribution in [-0.2, 0) is 9.53 Å². The number of imidazole rings is 1. The number of fused-ring (bicyclic) bond motifs is 1. The van der Waals surface area contributed by atoms with Crippen molar-refractivity contribution in [2.45, 2.75) is 18.9 Å². The number of nitrogens with zero attached hydrogens (tertiary/aromatic N) is 4. The van der Waals surface area contributed by atoms with E-state index in [1.54, 1.807) is 18.6 Å². The van der Waals surface area contributed by atoms with Gasteiger partial charge in [0.25, 0.3) is 0 Å². The lowest BCUT2D eigenvalue weighted by atomic mass is 10.1. The second-order valence-electron chi connectivity index (χ2n) is 6.63. The Morgan fingerprint density at radius 2 is 2.21 bits per heavy atom. The minimum absolute atomic E-state index is 0.0536. The Hall–Kier alpha value is -2.35. The zero-order chi connectivity index (χ0) is 19.7. The first kappa shape index (κ1) is 19.0. The van der Waals surface area contributed by atoms with Gasteiger partial charge in [-0.3, -0.25) is 0 Å². The van der Waals surface area contributed by atoms with Crippen LogP contribution in [0.1, 0.15) is 12.8 Å². The second-order valence-corrected chi connectivity index (χ2v) is 7.41. The number of aromatic nitrogens is 3. The van der Waals surface area contributed by atoms with Gasteiger partial charge in [0.15, 0.2) is 0 Å². The number of hydrogen-bond donors (Lipinski definition) is 1. The van der Waals surface area contributed by atoms with E-state index < -0.39 is 5.97 Å². The number of halogens is 2. The van der Waals surface area contributed by atoms with Crippen molar-refractivity contribution in [2.75, 3.05) is 24.7 Å². The van der Waals surface area contributed by atoms with Crippen molar-refractivity contribution in [1.82, 2.24) is 14.5 Å². The second kappa shape index (κ2) is 7.95. The smallest absolute Gasteiger partial charge is 0.329 e. The van der Waals surface area contributed by atoms with Crippen molar-refractivity contribution in [3.8, 4) is 5.69 Å². The van der Waals surface area contributed by atoms with E-state index in [-0.39, 0.29) is 12.6 Å². The lowest BCUT2D eigenvalue weighted by molar-refractivity contribution is -0.142. The van der Waals surface area contributed by atoms with Crippen LogP contribution in [0.25, 0.3) is 16.6 Å². The van der Waals surface area contributed by atoms with Crippen molar-refractivity contribution in [1.29, 1.82) is 0 Å². The van der Waals surface area contributed by atoms with Gasteiger partial charge in [0.2, 0.25) is 0 Å². The molecule has 7 nitrogen and oxygen atoms in total. The summed E-state index contributed by atoms with van der Waals surface area (Å²) in [5, 5.41) is 10.5. The molecule has 3 heterocycles. The standard InChI is InChI=1S/C19H18Cl2N4O3/c20-14-4-3-13-15(24-7-5-22-11-24)8-16(23-19(13)18(14)21)25-6-1-2-12(25)9-28-10-17(26)27/h3-5,7-8,11-12H,1-2,6,9-10H2,(H,26,27). The van der Waals surface area contributed by atoms with Crippen molar-refractivity contribution >= 4 is 45.9 Å². The van der Waals surface area contributed by atoms with Gasteiger partial charge < -0.3 is 19.3 Å². The molecular formula is C19H18Cl2N4O3. The molecule has 1 N–H and O–H groups in total. The molecule has 1 fully saturated rings. The molecule has 4 rings (SSSR count). The molecule has 9 heteroatoms. The summed E-state index contributed by atoms with van der Waals surface area (Å²) in [6.07, 6.45) is 7.17. The normalized spacial score (nSPS) is 16.8. The van der Waals surface area contributed by atoms with E-state index in [4.69, 9.17) is 38.0 Å². The summed E-state index contributed by atoms with van der Waals surface area (Å²) >= 11 is 12.7. The van der Waals surface area contributed by atoms with Gasteiger partial charge in [-0.2, -0.15) is 0 Å². The lowest BCUT2D eigenvalue weighted by Crippen LogP contribution is -2.34. The minimum Gasteiger partial charge on any atom is -0.480 e. The van der Waals surface area contributed by atoms with Gasteiger partial charge in [-0.1, -0.05) is 23.2 Å². The predicted molar refractivity (Wildman–Crippen MR) is 108 cm³/mol. The molecule has 0 bridgehead atoms. The first-order valence-corrected chi connectivity index (χ1v) is 9.63. The van der Waals surface area contributed by atoms with Crippen LogP contribution in [0.15, 0.2) is 36.9 Å². The number of hydrogen-bond acceptors (Lipinski definition) is 5. The minimum atomic E-state index is -0.975. The fourth-order valence-corrected chi connectivity index (χ4v) is 3.92. The van der Waals surface area contributed by atoms with E-state index in [0.29, 0.717) is 22.2 Å². The maximum Gasteiger partial charge on any atom is 0.329 e. The Morgan fingerprint density at radius 3 is 2.96 bits per heavy atom. The molecule has 146 valence electrons. The van der Waals surface area contributed by atoms with Gasteiger partial charge >= 0.3 is 5.97 Å². The SMILES string of the molecule is O=C(O)COCC1CCCN1c1cc(-n2ccnc2)c2ccc(Cl)c(Cl)c2n1. The summed E-state index contributed by atoms with van der Waals surface area (Å²) in [7, 11) is 0. The molecule has 28 heavy (non-hydrogen) atoms. The summed E-state index contributed by atoms with van der Waals surface area (Å²) < 4.78 is 7.24. The van der Waals surface area contributed by atoms with Crippen LogP contribution in [0.5, 0.6) is 0 Å². The van der Waals surface area contributed by atoms with Crippen LogP contribution >= 0.6 is 23.2 Å². The molecular weight excluding hydrogens is 403 g/mol. The molecule has 1 aliphatic rings. The van der Waals surface area contributed by atoms with Gasteiger partial charge in [-0.05, 0) is 25.0 Å². The quantitative estimate of drug-likeness (QED) is 0.652. The third kappa shape index (κ3) is 3.65. The number of benzene rings is 1. The molecule has 0 radical (unpaired) electrons. The summed E-state index contributed by atoms with van der Waals surface area (Å²) in [6, 6.07) is 5.70. The van der Waals surface area contributed by atoms with Crippen LogP contribution in [0.4, 0.5) is 5.82 Å². The summed E-state index contributed by atoms with van der Waals surface area (Å²) in [6.45, 7) is 0.827. The Labute approximate surface area is 171 Å². The molecule has 1 saturated heterocycles. The summed E-state index contributed by atoms with van der Waals surface area (Å²) in [5.74, 6) is -0.223. The Kier molecular flexibility index (Phi) is 5.39. The summed E-state index contributed by atoms with van der Waals surface area (Å²) in [5.41, 5.74) is 1.51. The zero-order valence-corrected chi connectivity index (χ0v) is 16.4. The van der Waals surface area contributed by atoms with E-state index in [1.807, 2.05) is 22.9 Å². The van der Waals surface area contributed by atoms with E-state index in [9.17, 15) is 4.79 Å². The number of rotatable bonds is 6. The largest absolute Gasteiger partial charge is 0.480 e. The van der Waals surface area contributed by atoms with Crippen molar-refractivity contribution in [2.24, 2.45) is 0 Å². The number of ether oxygens (including phenoxy) is 1. The van der Waals surface area contributed by atoms with Crippen LogP contribution in [-0.4, -0.2) is 51.4 Å². The highest BCUT2D eigenvalue weighted by molar-refractivity contribution is 6.45. The Morgan fingerprint density at radius 1 is 1.36 bits per heavy atom. The molecule has 1 unspecified atom stereocenters. The molecule has 3 aromatic rings. The fraction of sp³-hybridized carbons (Fsp3) is 0.316. The van der Waals surface area contributed by atoms with Gasteiger partial charge in [0, 0.05) is 30.4 Å². The number of carboxylic acid groups (broad SMARTS) is 1. The summed E-state index contributed by atoms with van der Waals surface area (Å²) in [4.78, 5) is 21.8. The van der Waals surface area contributed by atoms with Gasteiger partial charge in [-0.25, -0.2) is 14.8 Å². The maximum atomic E-state index is 10.7. The lowest BCUT2D eigenvalue weighted by Gasteiger charge is -2.26. The molecule has 1 atom stereocenters. The number of aliphatic carboxylic acids is 1. The number of carboxylic acids is 1. The van der Waals surface area contributed by atoms with Crippen LogP contribution < -0.4 is 4.90 Å². The third-order valence-electron chi connectivity index (χ3n) is 4.83. The number of pyridine rings is 1. The molecule has 0 amide bonds. The zero-order valence-electron chi connectivity index (χ0n) is 14.9. The maximum absolute atomic E-state index is 10.7. The highest BCUT2D eigenvalue weighted by atomic mass is 35.5. The van der Waals surface area contributed by atoms with Crippen LogP contribution in [0.3, 0.4) is 0 Å². The number of carbonyl (C=O) groups is 1. The highest BCUT2D eigenvalue weighted by Crippen LogP contribution is 2.36. The first-order valence-electron chi connectivity index (χ1n) is 8.88.